The monoisotopic (exact) mass is 240 g/mol. The fourth-order valence-corrected chi connectivity index (χ4v) is 2.16. The van der Waals surface area contributed by atoms with E-state index in [1.54, 1.807) is 6.07 Å². The summed E-state index contributed by atoms with van der Waals surface area (Å²) in [5, 5.41) is 12.6. The predicted octanol–water partition coefficient (Wildman–Crippen LogP) is 1.90. The van der Waals surface area contributed by atoms with Gasteiger partial charge in [-0.1, -0.05) is 11.6 Å². The molecule has 0 aromatic carbocycles. The maximum Gasteiger partial charge on any atom is 0.354 e. The van der Waals surface area contributed by atoms with Gasteiger partial charge in [0.2, 0.25) is 0 Å². The second-order valence-corrected chi connectivity index (χ2v) is 4.38. The van der Waals surface area contributed by atoms with E-state index in [2.05, 4.69) is 10.3 Å². The number of carbonyl (C=O) groups is 1. The summed E-state index contributed by atoms with van der Waals surface area (Å²) in [6.07, 6.45) is 2.11. The molecule has 0 bridgehead atoms. The van der Waals surface area contributed by atoms with E-state index in [4.69, 9.17) is 16.7 Å². The zero-order chi connectivity index (χ0) is 11.5. The van der Waals surface area contributed by atoms with Crippen molar-refractivity contribution < 1.29 is 9.90 Å². The van der Waals surface area contributed by atoms with E-state index in [1.807, 2.05) is 0 Å². The Morgan fingerprint density at radius 2 is 2.38 bits per heavy atom. The van der Waals surface area contributed by atoms with E-state index in [0.717, 1.165) is 31.6 Å². The van der Waals surface area contributed by atoms with Gasteiger partial charge in [0.15, 0.2) is 0 Å². The topological polar surface area (TPSA) is 62.2 Å². The Kier molecular flexibility index (Phi) is 3.41. The number of aromatic carboxylic acids is 1. The summed E-state index contributed by atoms with van der Waals surface area (Å²) >= 11 is 5.89. The molecule has 1 unspecified atom stereocenters. The van der Waals surface area contributed by atoms with Crippen molar-refractivity contribution in [1.29, 1.82) is 0 Å². The van der Waals surface area contributed by atoms with Crippen LogP contribution in [0.1, 0.15) is 34.9 Å². The van der Waals surface area contributed by atoms with Crippen LogP contribution in [0.15, 0.2) is 12.1 Å². The first-order chi connectivity index (χ1) is 7.66. The van der Waals surface area contributed by atoms with Crippen molar-refractivity contribution in [2.45, 2.75) is 18.8 Å². The third-order valence-corrected chi connectivity index (χ3v) is 2.96. The quantitative estimate of drug-likeness (QED) is 0.829. The summed E-state index contributed by atoms with van der Waals surface area (Å²) in [7, 11) is 0. The van der Waals surface area contributed by atoms with E-state index < -0.39 is 5.97 Å². The molecule has 2 heterocycles. The molecule has 2 rings (SSSR count). The fourth-order valence-electron chi connectivity index (χ4n) is 1.94. The Balaban J connectivity index is 2.28. The number of nitrogens with one attached hydrogen (secondary N) is 1. The SMILES string of the molecule is O=C(O)c1cc(Cl)cc(C2CCCNC2)n1. The normalized spacial score (nSPS) is 20.7. The summed E-state index contributed by atoms with van der Waals surface area (Å²) in [6, 6.07) is 3.13. The maximum absolute atomic E-state index is 10.9. The molecule has 1 aliphatic rings. The third kappa shape index (κ3) is 2.51. The number of piperidine rings is 1. The summed E-state index contributed by atoms with van der Waals surface area (Å²) < 4.78 is 0. The molecule has 0 radical (unpaired) electrons. The molecule has 86 valence electrons. The van der Waals surface area contributed by atoms with Gasteiger partial charge in [-0.05, 0) is 31.5 Å². The highest BCUT2D eigenvalue weighted by Gasteiger charge is 2.18. The number of carboxylic acid groups (broad SMARTS) is 1. The lowest BCUT2D eigenvalue weighted by molar-refractivity contribution is 0.0690. The molecule has 0 saturated carbocycles. The van der Waals surface area contributed by atoms with Gasteiger partial charge in [0.25, 0.3) is 0 Å². The molecule has 4 nitrogen and oxygen atoms in total. The van der Waals surface area contributed by atoms with Gasteiger partial charge in [-0.15, -0.1) is 0 Å². The molecule has 1 atom stereocenters. The Labute approximate surface area is 98.6 Å². The third-order valence-electron chi connectivity index (χ3n) is 2.74. The Morgan fingerprint density at radius 3 is 3.00 bits per heavy atom. The van der Waals surface area contributed by atoms with Gasteiger partial charge in [0, 0.05) is 23.2 Å². The smallest absolute Gasteiger partial charge is 0.354 e. The highest BCUT2D eigenvalue weighted by Crippen LogP contribution is 2.24. The van der Waals surface area contributed by atoms with Crippen LogP contribution in [0.25, 0.3) is 0 Å². The first kappa shape index (κ1) is 11.4. The molecule has 0 spiro atoms. The number of aromatic nitrogens is 1. The molecule has 0 aliphatic carbocycles. The second-order valence-electron chi connectivity index (χ2n) is 3.94. The van der Waals surface area contributed by atoms with Crippen molar-refractivity contribution in [3.8, 4) is 0 Å². The van der Waals surface area contributed by atoms with Crippen molar-refractivity contribution in [3.05, 3.63) is 28.5 Å². The van der Waals surface area contributed by atoms with Crippen LogP contribution >= 0.6 is 11.6 Å². The minimum Gasteiger partial charge on any atom is -0.477 e. The minimum absolute atomic E-state index is 0.0214. The molecule has 2 N–H and O–H groups in total. The number of carboxylic acids is 1. The largest absolute Gasteiger partial charge is 0.477 e. The van der Waals surface area contributed by atoms with Crippen molar-refractivity contribution in [2.75, 3.05) is 13.1 Å². The fraction of sp³-hybridized carbons (Fsp3) is 0.455. The Bertz CT molecular complexity index is 403. The van der Waals surface area contributed by atoms with E-state index >= 15 is 0 Å². The minimum atomic E-state index is -1.03. The van der Waals surface area contributed by atoms with Gasteiger partial charge in [-0.25, -0.2) is 9.78 Å². The number of hydrogen-bond donors (Lipinski definition) is 2. The van der Waals surface area contributed by atoms with Crippen LogP contribution in [0.5, 0.6) is 0 Å². The van der Waals surface area contributed by atoms with Gasteiger partial charge < -0.3 is 10.4 Å². The lowest BCUT2D eigenvalue weighted by Crippen LogP contribution is -2.29. The van der Waals surface area contributed by atoms with Crippen LogP contribution < -0.4 is 5.32 Å². The van der Waals surface area contributed by atoms with Crippen molar-refractivity contribution >= 4 is 17.6 Å². The van der Waals surface area contributed by atoms with Gasteiger partial charge in [0.1, 0.15) is 5.69 Å². The molecule has 1 saturated heterocycles. The van der Waals surface area contributed by atoms with Gasteiger partial charge in [-0.3, -0.25) is 0 Å². The molecule has 0 amide bonds. The lowest BCUT2D eigenvalue weighted by atomic mass is 9.95. The van der Waals surface area contributed by atoms with Crippen LogP contribution in [-0.2, 0) is 0 Å². The zero-order valence-corrected chi connectivity index (χ0v) is 9.50. The molecule has 1 fully saturated rings. The highest BCUT2D eigenvalue weighted by atomic mass is 35.5. The van der Waals surface area contributed by atoms with Crippen LogP contribution in [0.4, 0.5) is 0 Å². The molecule has 1 aliphatic heterocycles. The van der Waals surface area contributed by atoms with E-state index in [1.165, 1.54) is 6.07 Å². The summed E-state index contributed by atoms with van der Waals surface area (Å²) in [5.41, 5.74) is 0.796. The Hall–Kier alpha value is -1.13. The van der Waals surface area contributed by atoms with Gasteiger partial charge in [-0.2, -0.15) is 0 Å². The number of pyridine rings is 1. The van der Waals surface area contributed by atoms with Crippen LogP contribution in [0.3, 0.4) is 0 Å². The van der Waals surface area contributed by atoms with Gasteiger partial charge >= 0.3 is 5.97 Å². The summed E-state index contributed by atoms with van der Waals surface area (Å²) in [6.45, 7) is 1.86. The average Bonchev–Trinajstić information content (AvgIpc) is 2.29. The van der Waals surface area contributed by atoms with Crippen LogP contribution in [-0.4, -0.2) is 29.1 Å². The van der Waals surface area contributed by atoms with E-state index in [9.17, 15) is 4.79 Å². The molecule has 5 heteroatoms. The molecular formula is C11H13ClN2O2. The van der Waals surface area contributed by atoms with Crippen LogP contribution in [0.2, 0.25) is 5.02 Å². The first-order valence-electron chi connectivity index (χ1n) is 5.28. The van der Waals surface area contributed by atoms with Gasteiger partial charge in [0.05, 0.1) is 0 Å². The lowest BCUT2D eigenvalue weighted by Gasteiger charge is -2.22. The number of nitrogens with zero attached hydrogens (tertiary/aromatic N) is 1. The Morgan fingerprint density at radius 1 is 1.56 bits per heavy atom. The number of rotatable bonds is 2. The van der Waals surface area contributed by atoms with E-state index in [0.29, 0.717) is 5.02 Å². The standard InChI is InChI=1S/C11H13ClN2O2/c12-8-4-9(7-2-1-3-13-6-7)14-10(5-8)11(15)16/h4-5,7,13H,1-3,6H2,(H,15,16). The van der Waals surface area contributed by atoms with E-state index in [-0.39, 0.29) is 11.6 Å². The molecule has 1 aromatic rings. The summed E-state index contributed by atoms with van der Waals surface area (Å²) in [5.74, 6) is -0.766. The average molecular weight is 241 g/mol. The zero-order valence-electron chi connectivity index (χ0n) is 8.74. The molecule has 1 aromatic heterocycles. The van der Waals surface area contributed by atoms with Crippen molar-refractivity contribution in [2.24, 2.45) is 0 Å². The number of hydrogen-bond acceptors (Lipinski definition) is 3. The number of halogens is 1. The predicted molar refractivity (Wildman–Crippen MR) is 61.1 cm³/mol. The van der Waals surface area contributed by atoms with Crippen molar-refractivity contribution in [3.63, 3.8) is 0 Å². The molecule has 16 heavy (non-hydrogen) atoms. The molecular weight excluding hydrogens is 228 g/mol. The van der Waals surface area contributed by atoms with Crippen molar-refractivity contribution in [1.82, 2.24) is 10.3 Å². The highest BCUT2D eigenvalue weighted by molar-refractivity contribution is 6.30. The summed E-state index contributed by atoms with van der Waals surface area (Å²) in [4.78, 5) is 15.0. The first-order valence-corrected chi connectivity index (χ1v) is 5.66. The maximum atomic E-state index is 10.9. The second kappa shape index (κ2) is 4.80. The van der Waals surface area contributed by atoms with Crippen LogP contribution in [0, 0.1) is 0 Å².